The van der Waals surface area contributed by atoms with Crippen molar-refractivity contribution in [3.8, 4) is 0 Å². The topological polar surface area (TPSA) is 72.8 Å². The van der Waals surface area contributed by atoms with E-state index < -0.39 is 5.97 Å². The number of aryl methyl sites for hydroxylation is 2. The number of ether oxygens (including phenoxy) is 2. The second-order valence-corrected chi connectivity index (χ2v) is 6.70. The lowest BCUT2D eigenvalue weighted by molar-refractivity contribution is -0.145. The SMILES string of the molecule is COC(=O)CCc1ccccc1CC[C@@H]1[C@H](C(=O)O)[C@H]2CC[C@@H]1O2. The van der Waals surface area contributed by atoms with Gasteiger partial charge in [0.15, 0.2) is 0 Å². The van der Waals surface area contributed by atoms with E-state index >= 15 is 0 Å². The summed E-state index contributed by atoms with van der Waals surface area (Å²) in [6.45, 7) is 0. The minimum atomic E-state index is -0.730. The first kappa shape index (κ1) is 17.0. The predicted molar refractivity (Wildman–Crippen MR) is 87.6 cm³/mol. The summed E-state index contributed by atoms with van der Waals surface area (Å²) in [5, 5.41) is 9.50. The van der Waals surface area contributed by atoms with Gasteiger partial charge in [-0.05, 0) is 43.2 Å². The van der Waals surface area contributed by atoms with E-state index in [9.17, 15) is 14.7 Å². The molecule has 2 bridgehead atoms. The summed E-state index contributed by atoms with van der Waals surface area (Å²) in [4.78, 5) is 22.9. The first-order valence-corrected chi connectivity index (χ1v) is 8.62. The fourth-order valence-electron chi connectivity index (χ4n) is 4.19. The monoisotopic (exact) mass is 332 g/mol. The van der Waals surface area contributed by atoms with Gasteiger partial charge in [-0.2, -0.15) is 0 Å². The maximum atomic E-state index is 11.6. The molecule has 3 rings (SSSR count). The van der Waals surface area contributed by atoms with Gasteiger partial charge in [0.2, 0.25) is 0 Å². The van der Waals surface area contributed by atoms with Crippen molar-refractivity contribution in [2.24, 2.45) is 11.8 Å². The molecule has 2 heterocycles. The molecule has 24 heavy (non-hydrogen) atoms. The molecule has 2 saturated heterocycles. The third kappa shape index (κ3) is 3.46. The Bertz CT molecular complexity index is 612. The molecule has 0 unspecified atom stereocenters. The zero-order valence-corrected chi connectivity index (χ0v) is 13.9. The molecule has 0 aromatic heterocycles. The average molecular weight is 332 g/mol. The number of fused-ring (bicyclic) bond motifs is 2. The number of esters is 1. The van der Waals surface area contributed by atoms with Gasteiger partial charge in [0.1, 0.15) is 0 Å². The van der Waals surface area contributed by atoms with Crippen molar-refractivity contribution in [3.63, 3.8) is 0 Å². The molecule has 2 aliphatic rings. The van der Waals surface area contributed by atoms with Crippen LogP contribution in [0, 0.1) is 11.8 Å². The summed E-state index contributed by atoms with van der Waals surface area (Å²) in [6.07, 6.45) is 4.48. The van der Waals surface area contributed by atoms with Crippen molar-refractivity contribution in [1.29, 1.82) is 0 Å². The quantitative estimate of drug-likeness (QED) is 0.777. The number of carboxylic acids is 1. The van der Waals surface area contributed by atoms with Crippen LogP contribution in [0.1, 0.15) is 36.8 Å². The number of carboxylic acid groups (broad SMARTS) is 1. The van der Waals surface area contributed by atoms with E-state index in [4.69, 9.17) is 9.47 Å². The number of methoxy groups -OCH3 is 1. The Labute approximate surface area is 142 Å². The van der Waals surface area contributed by atoms with Gasteiger partial charge in [0.05, 0.1) is 25.2 Å². The number of hydrogen-bond acceptors (Lipinski definition) is 4. The van der Waals surface area contributed by atoms with Crippen LogP contribution >= 0.6 is 0 Å². The summed E-state index contributed by atoms with van der Waals surface area (Å²) in [5.41, 5.74) is 2.33. The number of aliphatic carboxylic acids is 1. The summed E-state index contributed by atoms with van der Waals surface area (Å²) in [5.74, 6) is -1.22. The average Bonchev–Trinajstić information content (AvgIpc) is 3.19. The van der Waals surface area contributed by atoms with Crippen molar-refractivity contribution in [1.82, 2.24) is 0 Å². The molecule has 0 spiro atoms. The van der Waals surface area contributed by atoms with Crippen LogP contribution in [0.25, 0.3) is 0 Å². The highest BCUT2D eigenvalue weighted by Crippen LogP contribution is 2.45. The normalized spacial score (nSPS) is 28.0. The van der Waals surface area contributed by atoms with Crippen molar-refractivity contribution < 1.29 is 24.2 Å². The van der Waals surface area contributed by atoms with Gasteiger partial charge in [-0.15, -0.1) is 0 Å². The van der Waals surface area contributed by atoms with Crippen molar-refractivity contribution in [2.45, 2.75) is 50.7 Å². The Morgan fingerprint density at radius 2 is 1.83 bits per heavy atom. The molecule has 1 aromatic rings. The number of rotatable bonds is 7. The van der Waals surface area contributed by atoms with Crippen molar-refractivity contribution >= 4 is 11.9 Å². The lowest BCUT2D eigenvalue weighted by Crippen LogP contribution is -2.33. The summed E-state index contributed by atoms with van der Waals surface area (Å²) in [7, 11) is 1.40. The third-order valence-corrected chi connectivity index (χ3v) is 5.40. The number of benzene rings is 1. The molecule has 2 fully saturated rings. The fraction of sp³-hybridized carbons (Fsp3) is 0.579. The van der Waals surface area contributed by atoms with Gasteiger partial charge in [-0.1, -0.05) is 24.3 Å². The lowest BCUT2D eigenvalue weighted by Gasteiger charge is -2.25. The zero-order valence-electron chi connectivity index (χ0n) is 13.9. The van der Waals surface area contributed by atoms with Crippen LogP contribution in [0.3, 0.4) is 0 Å². The molecule has 0 radical (unpaired) electrons. The Hall–Kier alpha value is -1.88. The van der Waals surface area contributed by atoms with Crippen LogP contribution in [0.15, 0.2) is 24.3 Å². The van der Waals surface area contributed by atoms with Gasteiger partial charge >= 0.3 is 11.9 Å². The molecular weight excluding hydrogens is 308 g/mol. The van der Waals surface area contributed by atoms with E-state index in [0.29, 0.717) is 12.8 Å². The molecule has 1 N–H and O–H groups in total. The highest BCUT2D eigenvalue weighted by molar-refractivity contribution is 5.72. The maximum absolute atomic E-state index is 11.6. The Morgan fingerprint density at radius 3 is 2.50 bits per heavy atom. The molecule has 4 atom stereocenters. The minimum absolute atomic E-state index is 0.0925. The predicted octanol–water partition coefficient (Wildman–Crippen LogP) is 2.60. The number of carbonyl (C=O) groups excluding carboxylic acids is 1. The van der Waals surface area contributed by atoms with Gasteiger partial charge in [0.25, 0.3) is 0 Å². The van der Waals surface area contributed by atoms with Crippen LogP contribution in [0.4, 0.5) is 0 Å². The molecule has 0 amide bonds. The Balaban J connectivity index is 1.64. The molecular formula is C19H24O5. The Kier molecular flexibility index (Phi) is 5.19. The van der Waals surface area contributed by atoms with E-state index in [1.807, 2.05) is 18.2 Å². The zero-order chi connectivity index (χ0) is 17.1. The fourth-order valence-corrected chi connectivity index (χ4v) is 4.19. The highest BCUT2D eigenvalue weighted by atomic mass is 16.5. The van der Waals surface area contributed by atoms with Crippen LogP contribution < -0.4 is 0 Å². The van der Waals surface area contributed by atoms with E-state index in [1.54, 1.807) is 0 Å². The van der Waals surface area contributed by atoms with E-state index in [2.05, 4.69) is 6.07 Å². The van der Waals surface area contributed by atoms with E-state index in [0.717, 1.165) is 31.2 Å². The largest absolute Gasteiger partial charge is 0.481 e. The van der Waals surface area contributed by atoms with E-state index in [1.165, 1.54) is 12.7 Å². The number of carbonyl (C=O) groups is 2. The molecule has 1 aromatic carbocycles. The van der Waals surface area contributed by atoms with Gasteiger partial charge in [-0.3, -0.25) is 9.59 Å². The first-order valence-electron chi connectivity index (χ1n) is 8.62. The van der Waals surface area contributed by atoms with Crippen molar-refractivity contribution in [2.75, 3.05) is 7.11 Å². The minimum Gasteiger partial charge on any atom is -0.481 e. The Morgan fingerprint density at radius 1 is 1.17 bits per heavy atom. The van der Waals surface area contributed by atoms with Crippen LogP contribution in [-0.4, -0.2) is 36.4 Å². The first-order chi connectivity index (χ1) is 11.6. The summed E-state index contributed by atoms with van der Waals surface area (Å²) < 4.78 is 10.5. The highest BCUT2D eigenvalue weighted by Gasteiger charge is 2.51. The number of hydrogen-bond donors (Lipinski definition) is 1. The van der Waals surface area contributed by atoms with Crippen LogP contribution in [0.2, 0.25) is 0 Å². The molecule has 2 aliphatic heterocycles. The second kappa shape index (κ2) is 7.34. The maximum Gasteiger partial charge on any atom is 0.309 e. The van der Waals surface area contributed by atoms with E-state index in [-0.39, 0.29) is 30.0 Å². The van der Waals surface area contributed by atoms with Gasteiger partial charge in [0, 0.05) is 12.3 Å². The standard InChI is InChI=1S/C19H24O5/c1-23-17(20)11-7-13-5-3-2-4-12(13)6-8-14-15-9-10-16(24-15)18(14)19(21)22/h2-5,14-16,18H,6-11H2,1H3,(H,21,22)/t14-,15-,16+,18-/m0/s1. The van der Waals surface area contributed by atoms with Gasteiger partial charge < -0.3 is 14.6 Å². The van der Waals surface area contributed by atoms with Crippen LogP contribution in [0.5, 0.6) is 0 Å². The summed E-state index contributed by atoms with van der Waals surface area (Å²) >= 11 is 0. The van der Waals surface area contributed by atoms with Crippen LogP contribution in [-0.2, 0) is 31.9 Å². The molecule has 5 heteroatoms. The van der Waals surface area contributed by atoms with Gasteiger partial charge in [-0.25, -0.2) is 0 Å². The smallest absolute Gasteiger partial charge is 0.309 e. The lowest BCUT2D eigenvalue weighted by atomic mass is 9.76. The molecule has 0 saturated carbocycles. The molecule has 5 nitrogen and oxygen atoms in total. The molecule has 0 aliphatic carbocycles. The van der Waals surface area contributed by atoms with Crippen molar-refractivity contribution in [3.05, 3.63) is 35.4 Å². The summed E-state index contributed by atoms with van der Waals surface area (Å²) in [6, 6.07) is 8.06. The third-order valence-electron chi connectivity index (χ3n) is 5.40. The second-order valence-electron chi connectivity index (χ2n) is 6.70. The molecule has 130 valence electrons.